The number of aromatic nitrogens is 3. The lowest BCUT2D eigenvalue weighted by molar-refractivity contribution is 0.300. The largest absolute Gasteiger partial charge is 0.354 e. The molecule has 1 saturated carbocycles. The van der Waals surface area contributed by atoms with Crippen LogP contribution in [0.2, 0.25) is 10.6 Å². The van der Waals surface area contributed by atoms with E-state index >= 15 is 0 Å². The fourth-order valence-corrected chi connectivity index (χ4v) is 2.54. The normalized spacial score (nSPS) is 24.6. The topological polar surface area (TPSA) is 50.7 Å². The van der Waals surface area contributed by atoms with Crippen molar-refractivity contribution in [1.29, 1.82) is 0 Å². The van der Waals surface area contributed by atoms with E-state index < -0.39 is 0 Å². The molecule has 1 aliphatic carbocycles. The smallest absolute Gasteiger partial charge is 0.228 e. The number of nitrogens with zero attached hydrogens (tertiary/aromatic N) is 3. The average Bonchev–Trinajstić information content (AvgIpc) is 2.27. The van der Waals surface area contributed by atoms with Crippen molar-refractivity contribution in [3.63, 3.8) is 0 Å². The second kappa shape index (κ2) is 5.83. The van der Waals surface area contributed by atoms with Crippen LogP contribution in [0.15, 0.2) is 0 Å². The first-order valence-electron chi connectivity index (χ1n) is 5.94. The van der Waals surface area contributed by atoms with Gasteiger partial charge in [-0.2, -0.15) is 15.0 Å². The number of hydrogen-bond acceptors (Lipinski definition) is 4. The Morgan fingerprint density at radius 2 is 1.65 bits per heavy atom. The highest BCUT2D eigenvalue weighted by Gasteiger charge is 2.18. The van der Waals surface area contributed by atoms with Crippen LogP contribution in [0.25, 0.3) is 0 Å². The molecule has 94 valence electrons. The molecule has 0 radical (unpaired) electrons. The van der Waals surface area contributed by atoms with Crippen molar-refractivity contribution in [3.05, 3.63) is 10.6 Å². The third kappa shape index (κ3) is 3.96. The van der Waals surface area contributed by atoms with Gasteiger partial charge in [-0.1, -0.05) is 19.8 Å². The van der Waals surface area contributed by atoms with Crippen LogP contribution in [0.4, 0.5) is 5.95 Å². The number of halogens is 2. The van der Waals surface area contributed by atoms with Gasteiger partial charge in [0.2, 0.25) is 16.5 Å². The third-order valence-corrected chi connectivity index (χ3v) is 3.60. The van der Waals surface area contributed by atoms with Crippen LogP contribution in [0.3, 0.4) is 0 Å². The predicted molar refractivity (Wildman–Crippen MR) is 69.5 cm³/mol. The molecule has 1 aliphatic rings. The summed E-state index contributed by atoms with van der Waals surface area (Å²) in [5, 5.41) is 3.44. The van der Waals surface area contributed by atoms with Crippen molar-refractivity contribution in [1.82, 2.24) is 15.0 Å². The highest BCUT2D eigenvalue weighted by Crippen LogP contribution is 2.28. The molecule has 6 heteroatoms. The molecule has 1 aromatic heterocycles. The summed E-state index contributed by atoms with van der Waals surface area (Å²) in [6.45, 7) is 3.19. The van der Waals surface area contributed by atoms with Gasteiger partial charge in [0.1, 0.15) is 0 Å². The highest BCUT2D eigenvalue weighted by atomic mass is 35.5. The molecule has 0 atom stereocenters. The van der Waals surface area contributed by atoms with Crippen LogP contribution >= 0.6 is 23.2 Å². The van der Waals surface area contributed by atoms with Gasteiger partial charge in [-0.25, -0.2) is 0 Å². The standard InChI is InChI=1S/C11H16Cl2N4/c1-7-2-4-8(5-3-7)6-14-11-16-9(12)15-10(13)17-11/h7-8H,2-6H2,1H3,(H,14,15,16,17). The van der Waals surface area contributed by atoms with Crippen molar-refractivity contribution in [3.8, 4) is 0 Å². The Kier molecular flexibility index (Phi) is 4.40. The van der Waals surface area contributed by atoms with E-state index in [0.29, 0.717) is 11.9 Å². The molecule has 4 nitrogen and oxygen atoms in total. The summed E-state index contributed by atoms with van der Waals surface area (Å²) in [5.41, 5.74) is 0. The molecule has 0 aromatic carbocycles. The molecule has 0 aliphatic heterocycles. The van der Waals surface area contributed by atoms with Gasteiger partial charge in [-0.15, -0.1) is 0 Å². The predicted octanol–water partition coefficient (Wildman–Crippen LogP) is 3.42. The monoisotopic (exact) mass is 274 g/mol. The summed E-state index contributed by atoms with van der Waals surface area (Å²) >= 11 is 11.4. The summed E-state index contributed by atoms with van der Waals surface area (Å²) in [6.07, 6.45) is 5.15. The van der Waals surface area contributed by atoms with Crippen LogP contribution in [-0.4, -0.2) is 21.5 Å². The van der Waals surface area contributed by atoms with Gasteiger partial charge in [-0.3, -0.25) is 0 Å². The van der Waals surface area contributed by atoms with Crippen molar-refractivity contribution >= 4 is 29.2 Å². The summed E-state index contributed by atoms with van der Waals surface area (Å²) in [5.74, 6) is 2.03. The lowest BCUT2D eigenvalue weighted by Crippen LogP contribution is -2.21. The van der Waals surface area contributed by atoms with E-state index in [1.54, 1.807) is 0 Å². The van der Waals surface area contributed by atoms with Crippen molar-refractivity contribution < 1.29 is 0 Å². The molecule has 0 spiro atoms. The zero-order valence-electron chi connectivity index (χ0n) is 9.79. The van der Waals surface area contributed by atoms with E-state index in [9.17, 15) is 0 Å². The van der Waals surface area contributed by atoms with E-state index in [4.69, 9.17) is 23.2 Å². The van der Waals surface area contributed by atoms with Crippen LogP contribution < -0.4 is 5.32 Å². The first-order chi connectivity index (χ1) is 8.13. The summed E-state index contributed by atoms with van der Waals surface area (Å²) < 4.78 is 0. The average molecular weight is 275 g/mol. The quantitative estimate of drug-likeness (QED) is 0.918. The molecule has 1 N–H and O–H groups in total. The molecular weight excluding hydrogens is 259 g/mol. The number of anilines is 1. The van der Waals surface area contributed by atoms with E-state index in [-0.39, 0.29) is 10.6 Å². The molecule has 1 fully saturated rings. The van der Waals surface area contributed by atoms with Crippen LogP contribution in [-0.2, 0) is 0 Å². The first kappa shape index (κ1) is 12.8. The van der Waals surface area contributed by atoms with Gasteiger partial charge in [0.15, 0.2) is 0 Å². The Bertz CT molecular complexity index is 357. The summed E-state index contributed by atoms with van der Waals surface area (Å²) in [7, 11) is 0. The molecular formula is C11H16Cl2N4. The SMILES string of the molecule is CC1CCC(CNc2nc(Cl)nc(Cl)n2)CC1. The number of rotatable bonds is 3. The van der Waals surface area contributed by atoms with Crippen LogP contribution in [0, 0.1) is 11.8 Å². The molecule has 1 heterocycles. The zero-order chi connectivity index (χ0) is 12.3. The Hall–Kier alpha value is -0.610. The maximum atomic E-state index is 5.70. The lowest BCUT2D eigenvalue weighted by Gasteiger charge is -2.26. The van der Waals surface area contributed by atoms with E-state index in [1.807, 2.05) is 0 Å². The lowest BCUT2D eigenvalue weighted by atomic mass is 9.83. The van der Waals surface area contributed by atoms with Crippen LogP contribution in [0.5, 0.6) is 0 Å². The molecule has 0 unspecified atom stereocenters. The maximum absolute atomic E-state index is 5.70. The van der Waals surface area contributed by atoms with Gasteiger partial charge in [0.05, 0.1) is 0 Å². The minimum atomic E-state index is 0.129. The second-order valence-electron chi connectivity index (χ2n) is 4.70. The van der Waals surface area contributed by atoms with Gasteiger partial charge in [0.25, 0.3) is 0 Å². The fraction of sp³-hybridized carbons (Fsp3) is 0.727. The fourth-order valence-electron chi connectivity index (χ4n) is 2.17. The Balaban J connectivity index is 1.85. The van der Waals surface area contributed by atoms with Crippen LogP contribution in [0.1, 0.15) is 32.6 Å². The Morgan fingerprint density at radius 1 is 1.06 bits per heavy atom. The zero-order valence-corrected chi connectivity index (χ0v) is 11.3. The van der Waals surface area contributed by atoms with Gasteiger partial charge >= 0.3 is 0 Å². The molecule has 17 heavy (non-hydrogen) atoms. The summed E-state index contributed by atoms with van der Waals surface area (Å²) in [4.78, 5) is 11.7. The van der Waals surface area contributed by atoms with Gasteiger partial charge < -0.3 is 5.32 Å². The van der Waals surface area contributed by atoms with Gasteiger partial charge in [-0.05, 0) is 47.9 Å². The number of hydrogen-bond donors (Lipinski definition) is 1. The van der Waals surface area contributed by atoms with E-state index in [1.165, 1.54) is 25.7 Å². The van der Waals surface area contributed by atoms with Crippen molar-refractivity contribution in [2.45, 2.75) is 32.6 Å². The Morgan fingerprint density at radius 3 is 2.24 bits per heavy atom. The number of nitrogens with one attached hydrogen (secondary N) is 1. The molecule has 0 bridgehead atoms. The van der Waals surface area contributed by atoms with Crippen molar-refractivity contribution in [2.24, 2.45) is 11.8 Å². The van der Waals surface area contributed by atoms with E-state index in [0.717, 1.165) is 12.5 Å². The van der Waals surface area contributed by atoms with Gasteiger partial charge in [0, 0.05) is 6.54 Å². The minimum absolute atomic E-state index is 0.129. The minimum Gasteiger partial charge on any atom is -0.354 e. The molecule has 0 saturated heterocycles. The summed E-state index contributed by atoms with van der Waals surface area (Å²) in [6, 6.07) is 0. The second-order valence-corrected chi connectivity index (χ2v) is 5.38. The molecule has 1 aromatic rings. The van der Waals surface area contributed by atoms with Crippen molar-refractivity contribution in [2.75, 3.05) is 11.9 Å². The third-order valence-electron chi connectivity index (χ3n) is 3.27. The van der Waals surface area contributed by atoms with E-state index in [2.05, 4.69) is 27.2 Å². The Labute approximate surface area is 111 Å². The molecule has 0 amide bonds. The molecule has 2 rings (SSSR count). The maximum Gasteiger partial charge on any atom is 0.228 e. The first-order valence-corrected chi connectivity index (χ1v) is 6.70. The highest BCUT2D eigenvalue weighted by molar-refractivity contribution is 6.31.